The number of thiophene rings is 1. The van der Waals surface area contributed by atoms with Gasteiger partial charge in [0.05, 0.1) is 4.34 Å². The van der Waals surface area contributed by atoms with Crippen LogP contribution in [0.4, 0.5) is 4.39 Å². The van der Waals surface area contributed by atoms with Crippen molar-refractivity contribution in [1.29, 1.82) is 0 Å². The highest BCUT2D eigenvalue weighted by Gasteiger charge is 2.16. The van der Waals surface area contributed by atoms with Gasteiger partial charge < -0.3 is 5.32 Å². The molecular weight excluding hydrogens is 349 g/mol. The van der Waals surface area contributed by atoms with Gasteiger partial charge in [-0.3, -0.25) is 0 Å². The van der Waals surface area contributed by atoms with Crippen LogP contribution in [0.2, 0.25) is 4.34 Å². The van der Waals surface area contributed by atoms with Crippen LogP contribution in [0.5, 0.6) is 0 Å². The van der Waals surface area contributed by atoms with Crippen LogP contribution in [-0.2, 0) is 6.42 Å². The summed E-state index contributed by atoms with van der Waals surface area (Å²) in [5, 5.41) is 3.33. The second kappa shape index (κ2) is 6.84. The summed E-state index contributed by atoms with van der Waals surface area (Å²) in [4.78, 5) is 1.15. The first-order valence-electron chi connectivity index (χ1n) is 6.02. The second-order valence-corrected chi connectivity index (χ2v) is 6.90. The van der Waals surface area contributed by atoms with Crippen molar-refractivity contribution in [3.63, 3.8) is 0 Å². The van der Waals surface area contributed by atoms with E-state index in [0.29, 0.717) is 5.56 Å². The third kappa shape index (κ3) is 4.02. The first-order valence-corrected chi connectivity index (χ1v) is 8.01. The molecule has 0 amide bonds. The maximum atomic E-state index is 14.0. The molecule has 0 saturated heterocycles. The molecule has 1 nitrogen and oxygen atoms in total. The summed E-state index contributed by atoms with van der Waals surface area (Å²) in [6.07, 6.45) is 0.740. The average Bonchev–Trinajstić information content (AvgIpc) is 2.74. The van der Waals surface area contributed by atoms with Crippen molar-refractivity contribution in [2.45, 2.75) is 19.4 Å². The molecule has 0 fully saturated rings. The summed E-state index contributed by atoms with van der Waals surface area (Å²) in [5.41, 5.74) is 0.689. The fourth-order valence-corrected chi connectivity index (χ4v) is 3.45. The molecule has 1 atom stereocenters. The molecule has 2 rings (SSSR count). The summed E-state index contributed by atoms with van der Waals surface area (Å²) < 4.78 is 15.6. The molecule has 0 saturated carbocycles. The fourth-order valence-electron chi connectivity index (χ4n) is 1.99. The Labute approximate surface area is 129 Å². The molecule has 102 valence electrons. The Hall–Kier alpha value is -0.420. The molecule has 0 radical (unpaired) electrons. The van der Waals surface area contributed by atoms with Crippen LogP contribution in [0.25, 0.3) is 0 Å². The number of hydrogen-bond donors (Lipinski definition) is 1. The van der Waals surface area contributed by atoms with Gasteiger partial charge in [-0.2, -0.15) is 0 Å². The van der Waals surface area contributed by atoms with E-state index in [2.05, 4.69) is 21.2 Å². The summed E-state index contributed by atoms with van der Waals surface area (Å²) in [7, 11) is 0. The lowest BCUT2D eigenvalue weighted by atomic mass is 10.0. The fraction of sp³-hybridized carbons (Fsp3) is 0.286. The van der Waals surface area contributed by atoms with Gasteiger partial charge in [0.2, 0.25) is 0 Å². The van der Waals surface area contributed by atoms with Gasteiger partial charge in [-0.1, -0.05) is 40.5 Å². The van der Waals surface area contributed by atoms with Gasteiger partial charge in [-0.25, -0.2) is 4.39 Å². The van der Waals surface area contributed by atoms with Crippen LogP contribution in [0.3, 0.4) is 0 Å². The summed E-state index contributed by atoms with van der Waals surface area (Å²) in [6, 6.07) is 9.02. The molecule has 1 heterocycles. The van der Waals surface area contributed by atoms with E-state index in [1.807, 2.05) is 31.2 Å². The molecule has 0 spiro atoms. The van der Waals surface area contributed by atoms with E-state index in [9.17, 15) is 4.39 Å². The van der Waals surface area contributed by atoms with E-state index in [1.165, 1.54) is 17.4 Å². The topological polar surface area (TPSA) is 12.0 Å². The van der Waals surface area contributed by atoms with Gasteiger partial charge in [-0.15, -0.1) is 11.3 Å². The molecule has 2 aromatic rings. The molecule has 1 unspecified atom stereocenters. The highest BCUT2D eigenvalue weighted by atomic mass is 79.9. The number of likely N-dealkylation sites (N-methyl/N-ethyl adjacent to an activating group) is 1. The first-order chi connectivity index (χ1) is 9.10. The van der Waals surface area contributed by atoms with E-state index in [4.69, 9.17) is 11.6 Å². The predicted octanol–water partition coefficient (Wildman–Crippen LogP) is 5.20. The van der Waals surface area contributed by atoms with E-state index < -0.39 is 0 Å². The minimum Gasteiger partial charge on any atom is -0.310 e. The maximum absolute atomic E-state index is 14.0. The molecule has 1 aromatic heterocycles. The minimum atomic E-state index is -0.192. The molecule has 19 heavy (non-hydrogen) atoms. The summed E-state index contributed by atoms with van der Waals surface area (Å²) >= 11 is 10.8. The number of hydrogen-bond acceptors (Lipinski definition) is 2. The lowest BCUT2D eigenvalue weighted by Gasteiger charge is -2.18. The third-order valence-corrected chi connectivity index (χ3v) is 4.57. The molecule has 1 aromatic carbocycles. The van der Waals surface area contributed by atoms with Gasteiger partial charge in [0.25, 0.3) is 0 Å². The van der Waals surface area contributed by atoms with Crippen molar-refractivity contribution in [3.8, 4) is 0 Å². The number of halogens is 3. The van der Waals surface area contributed by atoms with Crippen LogP contribution >= 0.6 is 38.9 Å². The maximum Gasteiger partial charge on any atom is 0.129 e. The molecule has 1 N–H and O–H groups in total. The Morgan fingerprint density at radius 2 is 2.16 bits per heavy atom. The lowest BCUT2D eigenvalue weighted by molar-refractivity contribution is 0.512. The summed E-state index contributed by atoms with van der Waals surface area (Å²) in [6.45, 7) is 2.81. The van der Waals surface area contributed by atoms with Gasteiger partial charge >= 0.3 is 0 Å². The van der Waals surface area contributed by atoms with Crippen molar-refractivity contribution < 1.29 is 4.39 Å². The van der Waals surface area contributed by atoms with Crippen LogP contribution in [0, 0.1) is 5.82 Å². The average molecular weight is 363 g/mol. The van der Waals surface area contributed by atoms with Crippen molar-refractivity contribution in [2.75, 3.05) is 6.54 Å². The number of rotatable bonds is 5. The van der Waals surface area contributed by atoms with Crippen LogP contribution in [0.15, 0.2) is 34.8 Å². The lowest BCUT2D eigenvalue weighted by Crippen LogP contribution is -2.23. The molecular formula is C14H14BrClFNS. The SMILES string of the molecule is CCNC(Cc1ccc(Cl)s1)c1ccc(Br)cc1F. The smallest absolute Gasteiger partial charge is 0.129 e. The Morgan fingerprint density at radius 3 is 2.74 bits per heavy atom. The largest absolute Gasteiger partial charge is 0.310 e. The Kier molecular flexibility index (Phi) is 5.39. The first kappa shape index (κ1) is 15.0. The van der Waals surface area contributed by atoms with Gasteiger partial charge in [0, 0.05) is 27.4 Å². The van der Waals surface area contributed by atoms with Gasteiger partial charge in [0.15, 0.2) is 0 Å². The van der Waals surface area contributed by atoms with Crippen LogP contribution in [-0.4, -0.2) is 6.54 Å². The van der Waals surface area contributed by atoms with Crippen molar-refractivity contribution in [1.82, 2.24) is 5.32 Å². The molecule has 5 heteroatoms. The third-order valence-electron chi connectivity index (χ3n) is 2.82. The Balaban J connectivity index is 2.23. The minimum absolute atomic E-state index is 0.0344. The summed E-state index contributed by atoms with van der Waals surface area (Å²) in [5.74, 6) is -0.192. The zero-order valence-corrected chi connectivity index (χ0v) is 13.6. The standard InChI is InChI=1S/C14H14BrClFNS/c1-2-18-13(8-10-4-6-14(16)19-10)11-5-3-9(15)7-12(11)17/h3-7,13,18H,2,8H2,1H3. The second-order valence-electron chi connectivity index (χ2n) is 4.19. The highest BCUT2D eigenvalue weighted by Crippen LogP contribution is 2.28. The normalized spacial score (nSPS) is 12.6. The molecule has 0 bridgehead atoms. The van der Waals surface area contributed by atoms with Crippen molar-refractivity contribution >= 4 is 38.9 Å². The quantitative estimate of drug-likeness (QED) is 0.771. The number of benzene rings is 1. The predicted molar refractivity (Wildman–Crippen MR) is 83.6 cm³/mol. The Morgan fingerprint density at radius 1 is 1.37 bits per heavy atom. The zero-order chi connectivity index (χ0) is 13.8. The monoisotopic (exact) mass is 361 g/mol. The van der Waals surface area contributed by atoms with Crippen molar-refractivity contribution in [2.24, 2.45) is 0 Å². The van der Waals surface area contributed by atoms with Crippen LogP contribution in [0.1, 0.15) is 23.4 Å². The van der Waals surface area contributed by atoms with E-state index in [1.54, 1.807) is 0 Å². The highest BCUT2D eigenvalue weighted by molar-refractivity contribution is 9.10. The van der Waals surface area contributed by atoms with Crippen molar-refractivity contribution in [3.05, 3.63) is 55.4 Å². The van der Waals surface area contributed by atoms with E-state index in [0.717, 1.165) is 26.7 Å². The number of nitrogens with one attached hydrogen (secondary N) is 1. The molecule has 0 aliphatic rings. The Bertz CT molecular complexity index is 558. The van der Waals surface area contributed by atoms with E-state index in [-0.39, 0.29) is 11.9 Å². The zero-order valence-electron chi connectivity index (χ0n) is 10.4. The molecule has 0 aliphatic carbocycles. The van der Waals surface area contributed by atoms with E-state index >= 15 is 0 Å². The van der Waals surface area contributed by atoms with Gasteiger partial charge in [-0.05, 0) is 30.8 Å². The van der Waals surface area contributed by atoms with Crippen LogP contribution < -0.4 is 5.32 Å². The van der Waals surface area contributed by atoms with Gasteiger partial charge in [0.1, 0.15) is 5.82 Å². The molecule has 0 aliphatic heterocycles.